The average molecular weight is 438 g/mol. The molecule has 5 rings (SSSR count). The zero-order valence-corrected chi connectivity index (χ0v) is 18.7. The third kappa shape index (κ3) is 3.53. The fourth-order valence-electron chi connectivity index (χ4n) is 4.72. The SMILES string of the molecule is CCNc1nc(C)cc(N2CCN(S(=O)(=O)c3ccc4cccc5c4c3CC5)CC2)n1. The summed E-state index contributed by atoms with van der Waals surface area (Å²) in [7, 11) is -3.53. The predicted molar refractivity (Wildman–Crippen MR) is 123 cm³/mol. The second kappa shape index (κ2) is 7.76. The van der Waals surface area contributed by atoms with Crippen LogP contribution in [0, 0.1) is 6.92 Å². The molecule has 2 aliphatic rings. The van der Waals surface area contributed by atoms with E-state index in [1.54, 1.807) is 10.4 Å². The van der Waals surface area contributed by atoms with Crippen LogP contribution in [0.3, 0.4) is 0 Å². The predicted octanol–water partition coefficient (Wildman–Crippen LogP) is 2.98. The van der Waals surface area contributed by atoms with Crippen LogP contribution in [0.4, 0.5) is 11.8 Å². The van der Waals surface area contributed by atoms with Crippen LogP contribution in [0.1, 0.15) is 23.7 Å². The number of rotatable bonds is 5. The zero-order valence-electron chi connectivity index (χ0n) is 17.9. The summed E-state index contributed by atoms with van der Waals surface area (Å²) >= 11 is 0. The van der Waals surface area contributed by atoms with Gasteiger partial charge in [0.2, 0.25) is 16.0 Å². The topological polar surface area (TPSA) is 78.4 Å². The number of sulfonamides is 1. The molecule has 1 aliphatic carbocycles. The monoisotopic (exact) mass is 437 g/mol. The van der Waals surface area contributed by atoms with E-state index in [4.69, 9.17) is 0 Å². The van der Waals surface area contributed by atoms with E-state index < -0.39 is 10.0 Å². The Labute approximate surface area is 183 Å². The van der Waals surface area contributed by atoms with E-state index in [1.165, 1.54) is 5.56 Å². The fourth-order valence-corrected chi connectivity index (χ4v) is 6.40. The minimum absolute atomic E-state index is 0.445. The quantitative estimate of drug-likeness (QED) is 0.661. The van der Waals surface area contributed by atoms with Crippen LogP contribution in [-0.4, -0.2) is 55.4 Å². The summed E-state index contributed by atoms with van der Waals surface area (Å²) in [5.74, 6) is 1.46. The highest BCUT2D eigenvalue weighted by atomic mass is 32.2. The van der Waals surface area contributed by atoms with Gasteiger partial charge in [0.15, 0.2) is 0 Å². The van der Waals surface area contributed by atoms with Crippen molar-refractivity contribution in [2.24, 2.45) is 0 Å². The third-order valence-corrected chi connectivity index (χ3v) is 8.18. The molecular formula is C23H27N5O2S. The van der Waals surface area contributed by atoms with Crippen LogP contribution < -0.4 is 10.2 Å². The molecule has 0 atom stereocenters. The molecule has 0 bridgehead atoms. The van der Waals surface area contributed by atoms with Gasteiger partial charge in [-0.1, -0.05) is 24.3 Å². The number of hydrogen-bond donors (Lipinski definition) is 1. The van der Waals surface area contributed by atoms with Crippen molar-refractivity contribution < 1.29 is 8.42 Å². The maximum absolute atomic E-state index is 13.5. The number of aromatic nitrogens is 2. The Hall–Kier alpha value is -2.71. The summed E-state index contributed by atoms with van der Waals surface area (Å²) in [6.07, 6.45) is 1.70. The molecule has 2 aromatic carbocycles. The van der Waals surface area contributed by atoms with Gasteiger partial charge in [-0.25, -0.2) is 13.4 Å². The van der Waals surface area contributed by atoms with Crippen LogP contribution in [0.25, 0.3) is 10.8 Å². The molecule has 0 spiro atoms. The number of nitrogens with zero attached hydrogens (tertiary/aromatic N) is 4. The Morgan fingerprint density at radius 3 is 2.61 bits per heavy atom. The Morgan fingerprint density at radius 2 is 1.84 bits per heavy atom. The van der Waals surface area contributed by atoms with Crippen LogP contribution in [-0.2, 0) is 22.9 Å². The largest absolute Gasteiger partial charge is 0.354 e. The molecule has 0 radical (unpaired) electrons. The highest BCUT2D eigenvalue weighted by molar-refractivity contribution is 7.89. The molecule has 7 nitrogen and oxygen atoms in total. The van der Waals surface area contributed by atoms with Crippen molar-refractivity contribution >= 4 is 32.6 Å². The van der Waals surface area contributed by atoms with Gasteiger partial charge in [-0.15, -0.1) is 0 Å². The number of benzene rings is 2. The number of nitrogens with one attached hydrogen (secondary N) is 1. The Morgan fingerprint density at radius 1 is 1.03 bits per heavy atom. The molecule has 162 valence electrons. The molecule has 1 fully saturated rings. The molecule has 1 saturated heterocycles. The second-order valence-electron chi connectivity index (χ2n) is 8.17. The minimum atomic E-state index is -3.53. The molecule has 31 heavy (non-hydrogen) atoms. The van der Waals surface area contributed by atoms with Gasteiger partial charge in [-0.3, -0.25) is 0 Å². The Kier molecular flexibility index (Phi) is 5.06. The van der Waals surface area contributed by atoms with E-state index in [0.29, 0.717) is 37.0 Å². The average Bonchev–Trinajstić information content (AvgIpc) is 3.19. The zero-order chi connectivity index (χ0) is 21.6. The van der Waals surface area contributed by atoms with E-state index >= 15 is 0 Å². The molecule has 1 N–H and O–H groups in total. The van der Waals surface area contributed by atoms with E-state index in [2.05, 4.69) is 38.4 Å². The van der Waals surface area contributed by atoms with Gasteiger partial charge in [-0.05, 0) is 54.7 Å². The van der Waals surface area contributed by atoms with Crippen molar-refractivity contribution in [1.82, 2.24) is 14.3 Å². The summed E-state index contributed by atoms with van der Waals surface area (Å²) in [6.45, 7) is 6.82. The van der Waals surface area contributed by atoms with Crippen molar-refractivity contribution in [2.45, 2.75) is 31.6 Å². The van der Waals surface area contributed by atoms with Gasteiger partial charge in [0, 0.05) is 44.5 Å². The van der Waals surface area contributed by atoms with Crippen LogP contribution >= 0.6 is 0 Å². The maximum Gasteiger partial charge on any atom is 0.243 e. The first-order valence-electron chi connectivity index (χ1n) is 10.9. The minimum Gasteiger partial charge on any atom is -0.354 e. The molecular weight excluding hydrogens is 410 g/mol. The molecule has 8 heteroatoms. The lowest BCUT2D eigenvalue weighted by Crippen LogP contribution is -2.49. The van der Waals surface area contributed by atoms with E-state index in [0.717, 1.165) is 47.2 Å². The van der Waals surface area contributed by atoms with E-state index in [1.807, 2.05) is 26.0 Å². The smallest absolute Gasteiger partial charge is 0.243 e. The lowest BCUT2D eigenvalue weighted by atomic mass is 10.1. The fraction of sp³-hybridized carbons (Fsp3) is 0.391. The first-order chi connectivity index (χ1) is 15.0. The van der Waals surface area contributed by atoms with Crippen LogP contribution in [0.2, 0.25) is 0 Å². The van der Waals surface area contributed by atoms with Crippen LogP contribution in [0.15, 0.2) is 41.3 Å². The van der Waals surface area contributed by atoms with Gasteiger partial charge < -0.3 is 10.2 Å². The number of aryl methyl sites for hydroxylation is 3. The number of anilines is 2. The molecule has 1 aliphatic heterocycles. The summed E-state index contributed by atoms with van der Waals surface area (Å²) in [5, 5.41) is 5.42. The maximum atomic E-state index is 13.5. The van der Waals surface area contributed by atoms with E-state index in [-0.39, 0.29) is 0 Å². The highest BCUT2D eigenvalue weighted by Crippen LogP contribution is 2.36. The molecule has 0 unspecified atom stereocenters. The first kappa shape index (κ1) is 20.2. The highest BCUT2D eigenvalue weighted by Gasteiger charge is 2.32. The van der Waals surface area contributed by atoms with Crippen molar-refractivity contribution in [3.63, 3.8) is 0 Å². The molecule has 0 amide bonds. The Balaban J connectivity index is 1.39. The lowest BCUT2D eigenvalue weighted by molar-refractivity contribution is 0.383. The van der Waals surface area contributed by atoms with Crippen molar-refractivity contribution in [2.75, 3.05) is 42.9 Å². The second-order valence-corrected chi connectivity index (χ2v) is 10.1. The summed E-state index contributed by atoms with van der Waals surface area (Å²) < 4.78 is 28.7. The van der Waals surface area contributed by atoms with Crippen molar-refractivity contribution in [3.05, 3.63) is 53.2 Å². The molecule has 1 aromatic heterocycles. The van der Waals surface area contributed by atoms with Crippen LogP contribution in [0.5, 0.6) is 0 Å². The number of piperazine rings is 1. The van der Waals surface area contributed by atoms with Gasteiger partial charge in [0.25, 0.3) is 0 Å². The molecule has 2 heterocycles. The van der Waals surface area contributed by atoms with Crippen molar-refractivity contribution in [3.8, 4) is 0 Å². The van der Waals surface area contributed by atoms with E-state index in [9.17, 15) is 8.42 Å². The summed E-state index contributed by atoms with van der Waals surface area (Å²) in [6, 6.07) is 11.9. The molecule has 3 aromatic rings. The first-order valence-corrected chi connectivity index (χ1v) is 12.3. The third-order valence-electron chi connectivity index (χ3n) is 6.20. The molecule has 0 saturated carbocycles. The van der Waals surface area contributed by atoms with Gasteiger partial charge >= 0.3 is 0 Å². The normalized spacial score (nSPS) is 16.8. The summed E-state index contributed by atoms with van der Waals surface area (Å²) in [5.41, 5.74) is 3.13. The number of hydrogen-bond acceptors (Lipinski definition) is 6. The van der Waals surface area contributed by atoms with Gasteiger partial charge in [-0.2, -0.15) is 9.29 Å². The standard InChI is InChI=1S/C23H27N5O2S/c1-3-24-23-25-16(2)15-21(26-23)27-11-13-28(14-12-27)31(29,30)20-10-8-18-6-4-5-17-7-9-19(20)22(17)18/h4-6,8,10,15H,3,7,9,11-14H2,1-2H3,(H,24,25,26). The van der Waals surface area contributed by atoms with Crippen molar-refractivity contribution in [1.29, 1.82) is 0 Å². The lowest BCUT2D eigenvalue weighted by Gasteiger charge is -2.35. The van der Waals surface area contributed by atoms with Gasteiger partial charge in [0.05, 0.1) is 4.90 Å². The summed E-state index contributed by atoms with van der Waals surface area (Å²) in [4.78, 5) is 11.6. The Bertz CT molecular complexity index is 1250. The van der Waals surface area contributed by atoms with Gasteiger partial charge in [0.1, 0.15) is 5.82 Å².